The van der Waals surface area contributed by atoms with E-state index in [0.717, 1.165) is 23.7 Å². The standard InChI is InChI=1S/C17H17F3N2O2/c1-23-16-13(5-6-15(22-16)17(18,19)20)11-3-2-4-12(9-11)14-10-24-8-7-21-14/h2-6,9,14,21H,7-8,10H2,1H3. The molecule has 1 aliphatic heterocycles. The van der Waals surface area contributed by atoms with E-state index in [-0.39, 0.29) is 11.9 Å². The first-order valence-electron chi connectivity index (χ1n) is 7.53. The third-order valence-electron chi connectivity index (χ3n) is 3.87. The fourth-order valence-corrected chi connectivity index (χ4v) is 2.68. The van der Waals surface area contributed by atoms with E-state index in [9.17, 15) is 13.2 Å². The maximum absolute atomic E-state index is 12.8. The number of aromatic nitrogens is 1. The highest BCUT2D eigenvalue weighted by Crippen LogP contribution is 2.35. The molecule has 0 aliphatic carbocycles. The summed E-state index contributed by atoms with van der Waals surface area (Å²) in [4.78, 5) is 3.59. The molecule has 1 fully saturated rings. The number of benzene rings is 1. The predicted octanol–water partition coefficient (Wildman–Crippen LogP) is 3.44. The Hall–Kier alpha value is -2.12. The Morgan fingerprint density at radius 1 is 1.25 bits per heavy atom. The summed E-state index contributed by atoms with van der Waals surface area (Å²) in [5.74, 6) is -0.0465. The van der Waals surface area contributed by atoms with Crippen molar-refractivity contribution in [2.75, 3.05) is 26.9 Å². The molecule has 1 aromatic heterocycles. The van der Waals surface area contributed by atoms with Crippen molar-refractivity contribution in [2.24, 2.45) is 0 Å². The van der Waals surface area contributed by atoms with Crippen molar-refractivity contribution in [3.8, 4) is 17.0 Å². The number of ether oxygens (including phenoxy) is 2. The molecule has 1 N–H and O–H groups in total. The van der Waals surface area contributed by atoms with Gasteiger partial charge in [-0.05, 0) is 29.3 Å². The Kier molecular flexibility index (Phi) is 4.73. The molecule has 4 nitrogen and oxygen atoms in total. The summed E-state index contributed by atoms with van der Waals surface area (Å²) in [5, 5.41) is 3.35. The molecule has 1 atom stereocenters. The average molecular weight is 338 g/mol. The van der Waals surface area contributed by atoms with Gasteiger partial charge < -0.3 is 14.8 Å². The maximum Gasteiger partial charge on any atom is 0.433 e. The van der Waals surface area contributed by atoms with E-state index in [4.69, 9.17) is 9.47 Å². The van der Waals surface area contributed by atoms with Gasteiger partial charge in [0, 0.05) is 12.1 Å². The van der Waals surface area contributed by atoms with Crippen LogP contribution in [0.25, 0.3) is 11.1 Å². The number of nitrogens with one attached hydrogen (secondary N) is 1. The lowest BCUT2D eigenvalue weighted by atomic mass is 9.99. The molecular formula is C17H17F3N2O2. The normalized spacial score (nSPS) is 18.4. The topological polar surface area (TPSA) is 43.4 Å². The third-order valence-corrected chi connectivity index (χ3v) is 3.87. The van der Waals surface area contributed by atoms with Crippen molar-refractivity contribution in [3.63, 3.8) is 0 Å². The summed E-state index contributed by atoms with van der Waals surface area (Å²) < 4.78 is 48.9. The van der Waals surface area contributed by atoms with Crippen LogP contribution < -0.4 is 10.1 Å². The van der Waals surface area contributed by atoms with Crippen LogP contribution in [0.3, 0.4) is 0 Å². The molecule has 2 heterocycles. The second-order valence-electron chi connectivity index (χ2n) is 5.46. The average Bonchev–Trinajstić information content (AvgIpc) is 2.61. The minimum atomic E-state index is -4.50. The Morgan fingerprint density at radius 3 is 2.75 bits per heavy atom. The van der Waals surface area contributed by atoms with Gasteiger partial charge in [-0.25, -0.2) is 4.98 Å². The lowest BCUT2D eigenvalue weighted by Crippen LogP contribution is -2.34. The lowest BCUT2D eigenvalue weighted by Gasteiger charge is -2.24. The number of morpholine rings is 1. The zero-order valence-corrected chi connectivity index (χ0v) is 13.1. The minimum absolute atomic E-state index is 0.0465. The van der Waals surface area contributed by atoms with Crippen LogP contribution in [-0.2, 0) is 10.9 Å². The number of methoxy groups -OCH3 is 1. The fourth-order valence-electron chi connectivity index (χ4n) is 2.68. The van der Waals surface area contributed by atoms with Crippen LogP contribution in [-0.4, -0.2) is 31.9 Å². The largest absolute Gasteiger partial charge is 0.481 e. The van der Waals surface area contributed by atoms with Crippen molar-refractivity contribution in [3.05, 3.63) is 47.7 Å². The highest BCUT2D eigenvalue weighted by molar-refractivity contribution is 5.69. The second kappa shape index (κ2) is 6.78. The van der Waals surface area contributed by atoms with Crippen LogP contribution in [0, 0.1) is 0 Å². The molecule has 7 heteroatoms. The van der Waals surface area contributed by atoms with Gasteiger partial charge in [0.05, 0.1) is 26.4 Å². The quantitative estimate of drug-likeness (QED) is 0.931. The van der Waals surface area contributed by atoms with E-state index in [2.05, 4.69) is 10.3 Å². The summed E-state index contributed by atoms with van der Waals surface area (Å²) in [6.07, 6.45) is -4.50. The number of nitrogens with zero attached hydrogens (tertiary/aromatic N) is 1. The number of hydrogen-bond donors (Lipinski definition) is 1. The van der Waals surface area contributed by atoms with E-state index in [1.807, 2.05) is 24.3 Å². The molecule has 0 bridgehead atoms. The molecule has 2 aromatic rings. The van der Waals surface area contributed by atoms with Crippen molar-refractivity contribution < 1.29 is 22.6 Å². The third kappa shape index (κ3) is 3.52. The van der Waals surface area contributed by atoms with Gasteiger partial charge in [-0.3, -0.25) is 0 Å². The molecule has 0 radical (unpaired) electrons. The predicted molar refractivity (Wildman–Crippen MR) is 82.8 cm³/mol. The number of pyridine rings is 1. The zero-order valence-electron chi connectivity index (χ0n) is 13.1. The van der Waals surface area contributed by atoms with Crippen molar-refractivity contribution >= 4 is 0 Å². The first-order valence-corrected chi connectivity index (χ1v) is 7.53. The molecule has 24 heavy (non-hydrogen) atoms. The SMILES string of the molecule is COc1nc(C(F)(F)F)ccc1-c1cccc(C2COCCN2)c1. The van der Waals surface area contributed by atoms with Crippen LogP contribution in [0.2, 0.25) is 0 Å². The molecule has 1 aliphatic rings. The van der Waals surface area contributed by atoms with E-state index < -0.39 is 11.9 Å². The van der Waals surface area contributed by atoms with Crippen LogP contribution in [0.4, 0.5) is 13.2 Å². The number of halogens is 3. The highest BCUT2D eigenvalue weighted by Gasteiger charge is 2.33. The van der Waals surface area contributed by atoms with Gasteiger partial charge >= 0.3 is 6.18 Å². The Labute approximate surface area is 137 Å². The van der Waals surface area contributed by atoms with E-state index in [0.29, 0.717) is 18.8 Å². The monoisotopic (exact) mass is 338 g/mol. The second-order valence-corrected chi connectivity index (χ2v) is 5.46. The van der Waals surface area contributed by atoms with Crippen molar-refractivity contribution in [1.29, 1.82) is 0 Å². The van der Waals surface area contributed by atoms with Gasteiger partial charge in [-0.2, -0.15) is 13.2 Å². The molecule has 0 spiro atoms. The minimum Gasteiger partial charge on any atom is -0.481 e. The van der Waals surface area contributed by atoms with Gasteiger partial charge in [0.2, 0.25) is 5.88 Å². The smallest absolute Gasteiger partial charge is 0.433 e. The highest BCUT2D eigenvalue weighted by atomic mass is 19.4. The zero-order chi connectivity index (χ0) is 17.2. The van der Waals surface area contributed by atoms with Gasteiger partial charge in [0.1, 0.15) is 5.69 Å². The molecule has 1 unspecified atom stereocenters. The maximum atomic E-state index is 12.8. The summed E-state index contributed by atoms with van der Waals surface area (Å²) >= 11 is 0. The van der Waals surface area contributed by atoms with Crippen LogP contribution in [0.1, 0.15) is 17.3 Å². The van der Waals surface area contributed by atoms with Crippen LogP contribution in [0.5, 0.6) is 5.88 Å². The first kappa shape index (κ1) is 16.7. The van der Waals surface area contributed by atoms with Gasteiger partial charge in [-0.15, -0.1) is 0 Å². The summed E-state index contributed by atoms with van der Waals surface area (Å²) in [7, 11) is 1.31. The van der Waals surface area contributed by atoms with Crippen LogP contribution >= 0.6 is 0 Å². The molecule has 0 saturated carbocycles. The van der Waals surface area contributed by atoms with Gasteiger partial charge in [-0.1, -0.05) is 18.2 Å². The Balaban J connectivity index is 1.96. The molecule has 0 amide bonds. The van der Waals surface area contributed by atoms with Crippen molar-refractivity contribution in [1.82, 2.24) is 10.3 Å². The van der Waals surface area contributed by atoms with Crippen molar-refractivity contribution in [2.45, 2.75) is 12.2 Å². The van der Waals surface area contributed by atoms with Gasteiger partial charge in [0.15, 0.2) is 0 Å². The first-order chi connectivity index (χ1) is 11.5. The number of hydrogen-bond acceptors (Lipinski definition) is 4. The van der Waals surface area contributed by atoms with E-state index >= 15 is 0 Å². The van der Waals surface area contributed by atoms with Crippen LogP contribution in [0.15, 0.2) is 36.4 Å². The molecule has 128 valence electrons. The van der Waals surface area contributed by atoms with E-state index in [1.165, 1.54) is 13.2 Å². The Bertz CT molecular complexity index is 713. The van der Waals surface area contributed by atoms with E-state index in [1.54, 1.807) is 0 Å². The number of rotatable bonds is 3. The fraction of sp³-hybridized carbons (Fsp3) is 0.353. The lowest BCUT2D eigenvalue weighted by molar-refractivity contribution is -0.141. The summed E-state index contributed by atoms with van der Waals surface area (Å²) in [5.41, 5.74) is 1.30. The van der Waals surface area contributed by atoms with Gasteiger partial charge in [0.25, 0.3) is 0 Å². The Morgan fingerprint density at radius 2 is 2.08 bits per heavy atom. The summed E-state index contributed by atoms with van der Waals surface area (Å²) in [6, 6.07) is 9.97. The summed E-state index contributed by atoms with van der Waals surface area (Å²) in [6.45, 7) is 2.00. The molecule has 1 saturated heterocycles. The molecule has 3 rings (SSSR count). The number of alkyl halides is 3. The molecular weight excluding hydrogens is 321 g/mol. The molecule has 1 aromatic carbocycles.